The van der Waals surface area contributed by atoms with Gasteiger partial charge in [-0.25, -0.2) is 4.39 Å². The molecule has 0 saturated carbocycles. The maximum absolute atomic E-state index is 12.8. The summed E-state index contributed by atoms with van der Waals surface area (Å²) in [5.74, 6) is 0.493. The summed E-state index contributed by atoms with van der Waals surface area (Å²) >= 11 is 0. The fraction of sp³-hybridized carbons (Fsp3) is 0.611. The Balaban J connectivity index is 0.00000420. The number of alkyl halides is 3. The second-order valence-corrected chi connectivity index (χ2v) is 6.62. The van der Waals surface area contributed by atoms with Crippen LogP contribution in [0.3, 0.4) is 0 Å². The third kappa shape index (κ3) is 10.3. The van der Waals surface area contributed by atoms with E-state index in [0.29, 0.717) is 31.2 Å². The molecular formula is C18H27F4IN4O2. The molecule has 0 aliphatic carbocycles. The van der Waals surface area contributed by atoms with Crippen LogP contribution in [-0.2, 0) is 0 Å². The van der Waals surface area contributed by atoms with Crippen LogP contribution in [0, 0.1) is 5.82 Å². The molecule has 2 unspecified atom stereocenters. The molecule has 0 radical (unpaired) electrons. The summed E-state index contributed by atoms with van der Waals surface area (Å²) in [6, 6.07) is 5.30. The number of ether oxygens (including phenoxy) is 1. The number of benzene rings is 1. The van der Waals surface area contributed by atoms with Crippen LogP contribution in [0.1, 0.15) is 13.3 Å². The molecule has 1 aliphatic heterocycles. The minimum Gasteiger partial charge on any atom is -0.491 e. The number of aliphatic imine (C=N–C) groups is 1. The Morgan fingerprint density at radius 1 is 1.34 bits per heavy atom. The van der Waals surface area contributed by atoms with Gasteiger partial charge in [-0.1, -0.05) is 0 Å². The van der Waals surface area contributed by atoms with Crippen molar-refractivity contribution in [1.29, 1.82) is 0 Å². The summed E-state index contributed by atoms with van der Waals surface area (Å²) in [7, 11) is 0. The molecule has 1 fully saturated rings. The normalized spacial score (nSPS) is 18.8. The van der Waals surface area contributed by atoms with Gasteiger partial charge in [-0.15, -0.1) is 24.0 Å². The quantitative estimate of drug-likeness (QED) is 0.207. The predicted octanol–water partition coefficient (Wildman–Crippen LogP) is 2.38. The van der Waals surface area contributed by atoms with Crippen LogP contribution in [-0.4, -0.2) is 73.6 Å². The zero-order chi connectivity index (χ0) is 20.6. The Labute approximate surface area is 184 Å². The first kappa shape index (κ1) is 25.7. The van der Waals surface area contributed by atoms with Gasteiger partial charge in [0.15, 0.2) is 5.96 Å². The number of aliphatic hydroxyl groups excluding tert-OH is 1. The van der Waals surface area contributed by atoms with Crippen molar-refractivity contribution < 1.29 is 27.4 Å². The zero-order valence-electron chi connectivity index (χ0n) is 16.1. The molecule has 0 amide bonds. The average molecular weight is 534 g/mol. The summed E-state index contributed by atoms with van der Waals surface area (Å²) in [5, 5.41) is 16.1. The number of halogens is 5. The number of hydrogen-bond acceptors (Lipinski definition) is 4. The van der Waals surface area contributed by atoms with E-state index in [9.17, 15) is 22.7 Å². The SMILES string of the molecule is CCNC(=NCC(O)COc1ccc(F)cc1)NC1CCN(CC(F)(F)F)C1.I. The standard InChI is InChI=1S/C18H26F4N4O2.HI/c1-2-23-17(25-14-7-8-26(10-14)12-18(20,21)22)24-9-15(27)11-28-16-5-3-13(19)4-6-16;/h3-6,14-15,27H,2,7-12H2,1H3,(H2,23,24,25);1H. The number of rotatable bonds is 8. The second kappa shape index (κ2) is 12.4. The third-order valence-electron chi connectivity index (χ3n) is 4.08. The summed E-state index contributed by atoms with van der Waals surface area (Å²) in [5.41, 5.74) is 0. The summed E-state index contributed by atoms with van der Waals surface area (Å²) in [6.07, 6.45) is -4.51. The molecule has 6 nitrogen and oxygen atoms in total. The highest BCUT2D eigenvalue weighted by molar-refractivity contribution is 14.0. The Morgan fingerprint density at radius 3 is 2.66 bits per heavy atom. The van der Waals surface area contributed by atoms with E-state index < -0.39 is 18.8 Å². The molecule has 1 saturated heterocycles. The highest BCUT2D eigenvalue weighted by Gasteiger charge is 2.34. The lowest BCUT2D eigenvalue weighted by molar-refractivity contribution is -0.143. The summed E-state index contributed by atoms with van der Waals surface area (Å²) in [4.78, 5) is 5.62. The molecular weight excluding hydrogens is 507 g/mol. The van der Waals surface area contributed by atoms with Crippen LogP contribution < -0.4 is 15.4 Å². The van der Waals surface area contributed by atoms with E-state index in [1.807, 2.05) is 6.92 Å². The van der Waals surface area contributed by atoms with E-state index >= 15 is 0 Å². The average Bonchev–Trinajstić information content (AvgIpc) is 3.04. The van der Waals surface area contributed by atoms with Crippen molar-refractivity contribution >= 4 is 29.9 Å². The van der Waals surface area contributed by atoms with Crippen LogP contribution in [0.25, 0.3) is 0 Å². The topological polar surface area (TPSA) is 69.1 Å². The van der Waals surface area contributed by atoms with Gasteiger partial charge in [-0.3, -0.25) is 9.89 Å². The number of guanidine groups is 1. The largest absolute Gasteiger partial charge is 0.491 e. The monoisotopic (exact) mass is 534 g/mol. The maximum atomic E-state index is 12.8. The van der Waals surface area contributed by atoms with Gasteiger partial charge >= 0.3 is 6.18 Å². The van der Waals surface area contributed by atoms with Crippen molar-refractivity contribution in [1.82, 2.24) is 15.5 Å². The number of nitrogens with zero attached hydrogens (tertiary/aromatic N) is 2. The summed E-state index contributed by atoms with van der Waals surface area (Å²) in [6.45, 7) is 2.21. The lowest BCUT2D eigenvalue weighted by atomic mass is 10.3. The smallest absolute Gasteiger partial charge is 0.401 e. The van der Waals surface area contributed by atoms with E-state index in [2.05, 4.69) is 15.6 Å². The maximum Gasteiger partial charge on any atom is 0.401 e. The highest BCUT2D eigenvalue weighted by atomic mass is 127. The Bertz CT molecular complexity index is 631. The van der Waals surface area contributed by atoms with Crippen molar-refractivity contribution in [3.8, 4) is 5.75 Å². The second-order valence-electron chi connectivity index (χ2n) is 6.62. The Morgan fingerprint density at radius 2 is 2.03 bits per heavy atom. The molecule has 29 heavy (non-hydrogen) atoms. The molecule has 0 spiro atoms. The highest BCUT2D eigenvalue weighted by Crippen LogP contribution is 2.19. The minimum absolute atomic E-state index is 0. The molecule has 1 aromatic rings. The third-order valence-corrected chi connectivity index (χ3v) is 4.08. The Kier molecular flexibility index (Phi) is 11.0. The first-order valence-electron chi connectivity index (χ1n) is 9.15. The van der Waals surface area contributed by atoms with Crippen molar-refractivity contribution in [3.63, 3.8) is 0 Å². The molecule has 1 heterocycles. The molecule has 0 bridgehead atoms. The van der Waals surface area contributed by atoms with E-state index in [-0.39, 0.29) is 55.5 Å². The minimum atomic E-state index is -4.21. The van der Waals surface area contributed by atoms with Crippen LogP contribution in [0.4, 0.5) is 17.6 Å². The van der Waals surface area contributed by atoms with E-state index in [1.54, 1.807) is 0 Å². The van der Waals surface area contributed by atoms with Gasteiger partial charge in [-0.05, 0) is 37.6 Å². The molecule has 11 heteroatoms. The van der Waals surface area contributed by atoms with Crippen LogP contribution in [0.15, 0.2) is 29.3 Å². The lowest BCUT2D eigenvalue weighted by Crippen LogP contribution is -2.45. The molecule has 2 rings (SSSR count). The van der Waals surface area contributed by atoms with Crippen LogP contribution >= 0.6 is 24.0 Å². The van der Waals surface area contributed by atoms with Crippen molar-refractivity contribution in [2.75, 3.05) is 39.3 Å². The first-order valence-corrected chi connectivity index (χ1v) is 9.15. The molecule has 166 valence electrons. The number of aliphatic hydroxyl groups is 1. The van der Waals surface area contributed by atoms with Gasteiger partial charge in [0.05, 0.1) is 13.1 Å². The van der Waals surface area contributed by atoms with E-state index in [1.165, 1.54) is 29.2 Å². The molecule has 3 N–H and O–H groups in total. The number of likely N-dealkylation sites (tertiary alicyclic amines) is 1. The summed E-state index contributed by atoms with van der Waals surface area (Å²) < 4.78 is 55.7. The van der Waals surface area contributed by atoms with Gasteiger partial charge in [0.1, 0.15) is 24.3 Å². The number of nitrogens with one attached hydrogen (secondary N) is 2. The molecule has 2 atom stereocenters. The number of hydrogen-bond donors (Lipinski definition) is 3. The molecule has 1 aromatic carbocycles. The lowest BCUT2D eigenvalue weighted by Gasteiger charge is -2.20. The van der Waals surface area contributed by atoms with Gasteiger partial charge in [0.2, 0.25) is 0 Å². The van der Waals surface area contributed by atoms with Crippen molar-refractivity contribution in [3.05, 3.63) is 30.1 Å². The first-order chi connectivity index (χ1) is 13.2. The Hall–Kier alpha value is -1.34. The predicted molar refractivity (Wildman–Crippen MR) is 113 cm³/mol. The fourth-order valence-corrected chi connectivity index (χ4v) is 2.83. The molecule has 1 aliphatic rings. The van der Waals surface area contributed by atoms with Crippen molar-refractivity contribution in [2.24, 2.45) is 4.99 Å². The van der Waals surface area contributed by atoms with Gasteiger partial charge in [0, 0.05) is 25.7 Å². The zero-order valence-corrected chi connectivity index (χ0v) is 18.4. The van der Waals surface area contributed by atoms with Crippen LogP contribution in [0.2, 0.25) is 0 Å². The molecule has 0 aromatic heterocycles. The van der Waals surface area contributed by atoms with Crippen LogP contribution in [0.5, 0.6) is 5.75 Å². The van der Waals surface area contributed by atoms with E-state index in [4.69, 9.17) is 4.74 Å². The van der Waals surface area contributed by atoms with Gasteiger partial charge in [-0.2, -0.15) is 13.2 Å². The van der Waals surface area contributed by atoms with Gasteiger partial charge in [0.25, 0.3) is 0 Å². The van der Waals surface area contributed by atoms with Gasteiger partial charge < -0.3 is 20.5 Å². The fourth-order valence-electron chi connectivity index (χ4n) is 2.83. The van der Waals surface area contributed by atoms with E-state index in [0.717, 1.165) is 0 Å². The van der Waals surface area contributed by atoms with Crippen molar-refractivity contribution in [2.45, 2.75) is 31.7 Å².